The number of aliphatic hydroxyl groups is 1. The van der Waals surface area contributed by atoms with Gasteiger partial charge in [0.15, 0.2) is 0 Å². The molecule has 0 saturated carbocycles. The number of carbonyl (C=O) groups excluding carboxylic acids is 2. The molecule has 0 radical (unpaired) electrons. The molecule has 1 fully saturated rings. The standard InChI is InChI=1S/C33H39FN4O5/c1-22-6-2-7-25(18-22)30-27(9-3-10-28(30)34)33(43,15-5-16-37-32(41)42)26-8-4-17-38(21-26)31(40)24-13-11-23(12-14-24)19-36-20-29(35)39/h2-3,6-7,9-14,18,26,36-37,43H,4-5,8,15-17,19-21H2,1H3,(H2,35,39)(H,41,42)/t26-,33+/m1/s1. The fourth-order valence-electron chi connectivity index (χ4n) is 5.92. The van der Waals surface area contributed by atoms with Crippen molar-refractivity contribution in [1.82, 2.24) is 15.5 Å². The van der Waals surface area contributed by atoms with Crippen LogP contribution in [0.25, 0.3) is 11.1 Å². The van der Waals surface area contributed by atoms with E-state index in [-0.39, 0.29) is 32.0 Å². The Hall–Kier alpha value is -4.28. The van der Waals surface area contributed by atoms with Gasteiger partial charge in [0.1, 0.15) is 5.82 Å². The highest BCUT2D eigenvalue weighted by Crippen LogP contribution is 2.44. The molecule has 0 aliphatic carbocycles. The Morgan fingerprint density at radius 3 is 2.53 bits per heavy atom. The summed E-state index contributed by atoms with van der Waals surface area (Å²) in [5.41, 5.74) is 7.36. The van der Waals surface area contributed by atoms with E-state index in [1.165, 1.54) is 6.07 Å². The lowest BCUT2D eigenvalue weighted by Crippen LogP contribution is -2.48. The Balaban J connectivity index is 1.62. The van der Waals surface area contributed by atoms with E-state index in [2.05, 4.69) is 10.6 Å². The number of nitrogens with one attached hydrogen (secondary N) is 2. The van der Waals surface area contributed by atoms with Crippen molar-refractivity contribution in [2.45, 2.75) is 44.8 Å². The Morgan fingerprint density at radius 2 is 1.84 bits per heavy atom. The summed E-state index contributed by atoms with van der Waals surface area (Å²) >= 11 is 0. The number of hydrogen-bond acceptors (Lipinski definition) is 5. The van der Waals surface area contributed by atoms with Gasteiger partial charge in [-0.3, -0.25) is 9.59 Å². The summed E-state index contributed by atoms with van der Waals surface area (Å²) in [7, 11) is 0. The quantitative estimate of drug-likeness (QED) is 0.200. The molecule has 1 saturated heterocycles. The Kier molecular flexibility index (Phi) is 10.5. The van der Waals surface area contributed by atoms with E-state index in [9.17, 15) is 19.5 Å². The highest BCUT2D eigenvalue weighted by Gasteiger charge is 2.43. The minimum atomic E-state index is -1.53. The molecule has 0 bridgehead atoms. The maximum atomic E-state index is 15.5. The highest BCUT2D eigenvalue weighted by atomic mass is 19.1. The van der Waals surface area contributed by atoms with E-state index in [1.54, 1.807) is 29.2 Å². The molecule has 1 aliphatic heterocycles. The number of hydrogen-bond donors (Lipinski definition) is 5. The van der Waals surface area contributed by atoms with E-state index in [0.717, 1.165) is 11.1 Å². The van der Waals surface area contributed by atoms with Crippen LogP contribution < -0.4 is 16.4 Å². The van der Waals surface area contributed by atoms with Crippen LogP contribution in [0.5, 0.6) is 0 Å². The molecule has 228 valence electrons. The topological polar surface area (TPSA) is 145 Å². The van der Waals surface area contributed by atoms with E-state index in [0.29, 0.717) is 54.6 Å². The molecule has 9 nitrogen and oxygen atoms in total. The third-order valence-electron chi connectivity index (χ3n) is 8.01. The predicted octanol–water partition coefficient (Wildman–Crippen LogP) is 4.16. The fourth-order valence-corrected chi connectivity index (χ4v) is 5.92. The first-order chi connectivity index (χ1) is 20.6. The van der Waals surface area contributed by atoms with Crippen molar-refractivity contribution in [3.8, 4) is 11.1 Å². The van der Waals surface area contributed by atoms with Crippen molar-refractivity contribution in [1.29, 1.82) is 0 Å². The van der Waals surface area contributed by atoms with Gasteiger partial charge in [-0.05, 0) is 67.5 Å². The summed E-state index contributed by atoms with van der Waals surface area (Å²) in [6.45, 7) is 3.31. The molecule has 0 aromatic heterocycles. The van der Waals surface area contributed by atoms with Gasteiger partial charge in [-0.25, -0.2) is 9.18 Å². The van der Waals surface area contributed by atoms with Crippen LogP contribution in [-0.2, 0) is 16.9 Å². The maximum Gasteiger partial charge on any atom is 0.404 e. The summed E-state index contributed by atoms with van der Waals surface area (Å²) in [5.74, 6) is -1.50. The van der Waals surface area contributed by atoms with Crippen molar-refractivity contribution in [3.05, 3.63) is 94.8 Å². The predicted molar refractivity (Wildman–Crippen MR) is 162 cm³/mol. The highest BCUT2D eigenvalue weighted by molar-refractivity contribution is 5.94. The van der Waals surface area contributed by atoms with Gasteiger partial charge in [0, 0.05) is 43.2 Å². The van der Waals surface area contributed by atoms with Gasteiger partial charge in [0.25, 0.3) is 5.91 Å². The number of amides is 3. The Labute approximate surface area is 250 Å². The molecule has 0 unspecified atom stereocenters. The van der Waals surface area contributed by atoms with Gasteiger partial charge < -0.3 is 31.5 Å². The normalized spacial score (nSPS) is 16.3. The smallest absolute Gasteiger partial charge is 0.404 e. The van der Waals surface area contributed by atoms with Gasteiger partial charge in [0.05, 0.1) is 12.1 Å². The minimum absolute atomic E-state index is 0.0576. The van der Waals surface area contributed by atoms with Gasteiger partial charge in [0.2, 0.25) is 5.91 Å². The van der Waals surface area contributed by atoms with Crippen LogP contribution in [0.15, 0.2) is 66.7 Å². The molecule has 43 heavy (non-hydrogen) atoms. The number of aryl methyl sites for hydroxylation is 1. The van der Waals surface area contributed by atoms with E-state index < -0.39 is 29.3 Å². The van der Waals surface area contributed by atoms with Crippen LogP contribution in [0, 0.1) is 18.7 Å². The van der Waals surface area contributed by atoms with Gasteiger partial charge in [-0.1, -0.05) is 54.1 Å². The molecule has 1 heterocycles. The SMILES string of the molecule is Cc1cccc(-c2c(F)cccc2[C@](O)(CCCNC(=O)O)[C@@H]2CCCN(C(=O)c3ccc(CNCC(N)=O)cc3)C2)c1. The molecule has 3 aromatic carbocycles. The average molecular weight is 591 g/mol. The van der Waals surface area contributed by atoms with Crippen molar-refractivity contribution in [3.63, 3.8) is 0 Å². The van der Waals surface area contributed by atoms with Crippen LogP contribution in [0.1, 0.15) is 52.7 Å². The van der Waals surface area contributed by atoms with E-state index in [1.807, 2.05) is 43.3 Å². The Morgan fingerprint density at radius 1 is 1.09 bits per heavy atom. The number of primary amides is 1. The number of nitrogens with zero attached hydrogens (tertiary/aromatic N) is 1. The minimum Gasteiger partial charge on any atom is -0.465 e. The summed E-state index contributed by atoms with van der Waals surface area (Å²) in [4.78, 5) is 37.3. The van der Waals surface area contributed by atoms with Gasteiger partial charge in [-0.2, -0.15) is 0 Å². The lowest BCUT2D eigenvalue weighted by Gasteiger charge is -2.43. The Bertz CT molecular complexity index is 1450. The van der Waals surface area contributed by atoms with Crippen molar-refractivity contribution in [2.75, 3.05) is 26.2 Å². The second kappa shape index (κ2) is 14.3. The number of likely N-dealkylation sites (tertiary alicyclic amines) is 1. The molecule has 4 rings (SSSR count). The molecule has 1 aliphatic rings. The molecule has 3 aromatic rings. The molecule has 2 atom stereocenters. The average Bonchev–Trinajstić information content (AvgIpc) is 2.99. The molecule has 3 amide bonds. The molecule has 0 spiro atoms. The first kappa shape index (κ1) is 31.7. The first-order valence-electron chi connectivity index (χ1n) is 14.5. The number of rotatable bonds is 12. The van der Waals surface area contributed by atoms with Crippen LogP contribution in [0.4, 0.5) is 9.18 Å². The maximum absolute atomic E-state index is 15.5. The molecule has 6 N–H and O–H groups in total. The summed E-state index contributed by atoms with van der Waals surface area (Å²) in [6, 6.07) is 19.2. The summed E-state index contributed by atoms with van der Waals surface area (Å²) < 4.78 is 15.5. The second-order valence-corrected chi connectivity index (χ2v) is 11.1. The van der Waals surface area contributed by atoms with Crippen LogP contribution >= 0.6 is 0 Å². The van der Waals surface area contributed by atoms with Crippen molar-refractivity contribution in [2.24, 2.45) is 11.7 Å². The lowest BCUT2D eigenvalue weighted by atomic mass is 9.72. The van der Waals surface area contributed by atoms with Gasteiger partial charge >= 0.3 is 6.09 Å². The number of benzene rings is 3. The first-order valence-corrected chi connectivity index (χ1v) is 14.5. The van der Waals surface area contributed by atoms with E-state index >= 15 is 4.39 Å². The monoisotopic (exact) mass is 590 g/mol. The number of carbonyl (C=O) groups is 3. The zero-order valence-corrected chi connectivity index (χ0v) is 24.3. The summed E-state index contributed by atoms with van der Waals surface area (Å²) in [5, 5.41) is 26.9. The van der Waals surface area contributed by atoms with Crippen molar-refractivity contribution < 1.29 is 29.0 Å². The number of piperidine rings is 1. The molecular formula is C33H39FN4O5. The van der Waals surface area contributed by atoms with E-state index in [4.69, 9.17) is 10.8 Å². The van der Waals surface area contributed by atoms with Gasteiger partial charge in [-0.15, -0.1) is 0 Å². The third kappa shape index (κ3) is 7.97. The van der Waals surface area contributed by atoms with Crippen LogP contribution in [0.3, 0.4) is 0 Å². The number of carboxylic acid groups (broad SMARTS) is 1. The largest absolute Gasteiger partial charge is 0.465 e. The lowest BCUT2D eigenvalue weighted by molar-refractivity contribution is -0.117. The zero-order valence-electron chi connectivity index (χ0n) is 24.3. The van der Waals surface area contributed by atoms with Crippen LogP contribution in [0.2, 0.25) is 0 Å². The van der Waals surface area contributed by atoms with Crippen LogP contribution in [-0.4, -0.2) is 59.2 Å². The molecular weight excluding hydrogens is 551 g/mol. The third-order valence-corrected chi connectivity index (χ3v) is 8.01. The number of nitrogens with two attached hydrogens (primary N) is 1. The zero-order chi connectivity index (χ0) is 31.0. The molecule has 10 heteroatoms. The summed E-state index contributed by atoms with van der Waals surface area (Å²) in [6.07, 6.45) is 0.605. The second-order valence-electron chi connectivity index (χ2n) is 11.1. The van der Waals surface area contributed by atoms with Crippen molar-refractivity contribution >= 4 is 17.9 Å². The fraction of sp³-hybridized carbons (Fsp3) is 0.364. The number of halogens is 1.